The van der Waals surface area contributed by atoms with Gasteiger partial charge in [0.15, 0.2) is 0 Å². The Morgan fingerprint density at radius 2 is 1.84 bits per heavy atom. The Balaban J connectivity index is 0.000000255. The summed E-state index contributed by atoms with van der Waals surface area (Å²) in [6.07, 6.45) is 1.90. The molecule has 2 atom stereocenters. The van der Waals surface area contributed by atoms with Crippen molar-refractivity contribution < 1.29 is 22.1 Å². The van der Waals surface area contributed by atoms with Gasteiger partial charge in [-0.15, -0.1) is 0 Å². The fourth-order valence-electron chi connectivity index (χ4n) is 3.32. The van der Waals surface area contributed by atoms with E-state index < -0.39 is 0 Å². The van der Waals surface area contributed by atoms with E-state index in [-0.39, 0.29) is 18.0 Å². The van der Waals surface area contributed by atoms with E-state index in [9.17, 15) is 4.79 Å². The second-order valence-corrected chi connectivity index (χ2v) is 8.15. The number of rotatable bonds is 5. The minimum absolute atomic E-state index is 0.132. The number of H-pyrrole nitrogens is 1. The summed E-state index contributed by atoms with van der Waals surface area (Å²) >= 11 is 1.82. The van der Waals surface area contributed by atoms with Crippen LogP contribution in [-0.2, 0) is 22.1 Å². The zero-order valence-electron chi connectivity index (χ0n) is 19.0. The molecule has 1 saturated heterocycles. The molecule has 174 valence electrons. The number of aromatic amines is 1. The van der Waals surface area contributed by atoms with Gasteiger partial charge < -0.3 is 25.9 Å². The molecular weight excluding hydrogens is 511 g/mol. The maximum atomic E-state index is 11.8. The number of aryl methyl sites for hydroxylation is 1. The van der Waals surface area contributed by atoms with Crippen LogP contribution in [0.4, 0.5) is 0 Å². The molecule has 1 aromatic heterocycles. The van der Waals surface area contributed by atoms with E-state index in [0.29, 0.717) is 5.92 Å². The van der Waals surface area contributed by atoms with Crippen molar-refractivity contribution in [3.8, 4) is 0 Å². The van der Waals surface area contributed by atoms with Crippen molar-refractivity contribution in [3.05, 3.63) is 70.9 Å². The molecular formula is C24H32ClN5ORu. The Morgan fingerprint density at radius 3 is 2.44 bits per heavy atom. The normalized spacial score (nSPS) is 16.0. The van der Waals surface area contributed by atoms with Gasteiger partial charge >= 0.3 is 27.0 Å². The molecule has 0 unspecified atom stereocenters. The molecule has 1 aliphatic heterocycles. The van der Waals surface area contributed by atoms with E-state index in [4.69, 9.17) is 0 Å². The number of benzene rings is 2. The third-order valence-corrected chi connectivity index (χ3v) is 5.29. The van der Waals surface area contributed by atoms with Crippen molar-refractivity contribution in [2.24, 2.45) is 0 Å². The Kier molecular flexibility index (Phi) is 11.3. The molecule has 2 aromatic carbocycles. The maximum absolute atomic E-state index is 11.8. The SMILES string of the molecule is C[C@@H](N[N-]C(=O)[C@@H]1CCCN1)c1nc2ccccc2[nH]1.Cc1ccc(C(C)C)cc1.[Cl][Ru+]. The van der Waals surface area contributed by atoms with Crippen LogP contribution in [0.2, 0.25) is 0 Å². The molecule has 0 bridgehead atoms. The van der Waals surface area contributed by atoms with Crippen molar-refractivity contribution in [2.45, 2.75) is 58.5 Å². The molecule has 0 spiro atoms. The second-order valence-electron chi connectivity index (χ2n) is 8.15. The van der Waals surface area contributed by atoms with Crippen LogP contribution >= 0.6 is 9.69 Å². The predicted octanol–water partition coefficient (Wildman–Crippen LogP) is 5.59. The van der Waals surface area contributed by atoms with Gasteiger partial charge in [-0.2, -0.15) is 0 Å². The first-order chi connectivity index (χ1) is 15.4. The van der Waals surface area contributed by atoms with Crippen LogP contribution < -0.4 is 10.7 Å². The van der Waals surface area contributed by atoms with Crippen LogP contribution in [0.5, 0.6) is 0 Å². The number of carbonyl (C=O) groups excluding carboxylic acids is 1. The van der Waals surface area contributed by atoms with Gasteiger partial charge in [-0.3, -0.25) is 0 Å². The van der Waals surface area contributed by atoms with Gasteiger partial charge in [0, 0.05) is 12.1 Å². The monoisotopic (exact) mass is 543 g/mol. The van der Waals surface area contributed by atoms with Crippen LogP contribution in [-0.4, -0.2) is 28.5 Å². The number of imidazole rings is 1. The van der Waals surface area contributed by atoms with E-state index >= 15 is 0 Å². The molecule has 1 amide bonds. The minimum atomic E-state index is -0.134. The summed E-state index contributed by atoms with van der Waals surface area (Å²) in [7, 11) is 4.57. The van der Waals surface area contributed by atoms with Gasteiger partial charge in [0.1, 0.15) is 5.82 Å². The van der Waals surface area contributed by atoms with E-state index in [1.54, 1.807) is 0 Å². The summed E-state index contributed by atoms with van der Waals surface area (Å²) in [6, 6.07) is 16.3. The second kappa shape index (κ2) is 13.7. The fourth-order valence-corrected chi connectivity index (χ4v) is 3.32. The molecule has 0 radical (unpaired) electrons. The Hall–Kier alpha value is -1.79. The first-order valence-electron chi connectivity index (χ1n) is 10.8. The van der Waals surface area contributed by atoms with Crippen molar-refractivity contribution in [1.29, 1.82) is 0 Å². The van der Waals surface area contributed by atoms with Gasteiger partial charge in [0.05, 0.1) is 16.9 Å². The first-order valence-corrected chi connectivity index (χ1v) is 13.1. The molecule has 6 nitrogen and oxygen atoms in total. The number of fused-ring (bicyclic) bond motifs is 1. The molecule has 1 aliphatic rings. The van der Waals surface area contributed by atoms with Crippen LogP contribution in [0.15, 0.2) is 48.5 Å². The number of amides is 1. The number of carbonyl (C=O) groups is 1. The number of hydrogen-bond acceptors (Lipinski definition) is 4. The van der Waals surface area contributed by atoms with Gasteiger partial charge in [-0.05, 0) is 56.8 Å². The fraction of sp³-hybridized carbons (Fsp3) is 0.417. The third-order valence-electron chi connectivity index (χ3n) is 5.29. The number of aromatic nitrogens is 2. The summed E-state index contributed by atoms with van der Waals surface area (Å²) in [4.78, 5) is 19.5. The summed E-state index contributed by atoms with van der Waals surface area (Å²) < 4.78 is 0. The Morgan fingerprint density at radius 1 is 1.16 bits per heavy atom. The molecule has 2 heterocycles. The number of para-hydroxylation sites is 2. The number of nitrogens with one attached hydrogen (secondary N) is 3. The molecule has 32 heavy (non-hydrogen) atoms. The van der Waals surface area contributed by atoms with E-state index in [2.05, 4.69) is 80.9 Å². The zero-order valence-corrected chi connectivity index (χ0v) is 21.5. The molecule has 4 rings (SSSR count). The standard InChI is InChI=1S/C14H19N5O.C10H14.ClH.Ru/c1-9(18-19-14(20)12-7-4-8-15-12)13-16-10-5-2-3-6-11(10)17-13;1-8(2)10-6-4-9(3)5-7-10;;/h2-3,5-6,9,12,15,18H,4,7-8H2,1H3,(H2,16,17,19,20);4-8H,1-3H3;1H;/q;;;+2/p-2/t9-,12+;;;/m1.../s1. The molecule has 0 saturated carbocycles. The number of halogens is 1. The van der Waals surface area contributed by atoms with E-state index in [1.807, 2.05) is 48.5 Å². The average Bonchev–Trinajstić information content (AvgIpc) is 3.49. The molecule has 8 heteroatoms. The molecule has 3 aromatic rings. The zero-order chi connectivity index (χ0) is 23.5. The third kappa shape index (κ3) is 7.97. The van der Waals surface area contributed by atoms with E-state index in [0.717, 1.165) is 36.2 Å². The van der Waals surface area contributed by atoms with Gasteiger partial charge in [0.25, 0.3) is 0 Å². The van der Waals surface area contributed by atoms with Crippen LogP contribution in [0.3, 0.4) is 0 Å². The van der Waals surface area contributed by atoms with E-state index in [1.165, 1.54) is 11.1 Å². The first kappa shape index (κ1) is 26.5. The van der Waals surface area contributed by atoms with Crippen LogP contribution in [0.1, 0.15) is 62.5 Å². The predicted molar refractivity (Wildman–Crippen MR) is 128 cm³/mol. The molecule has 0 aliphatic carbocycles. The van der Waals surface area contributed by atoms with Gasteiger partial charge in [-0.25, -0.2) is 4.98 Å². The summed E-state index contributed by atoms with van der Waals surface area (Å²) in [6.45, 7) is 9.36. The molecule has 3 N–H and O–H groups in total. The summed E-state index contributed by atoms with van der Waals surface area (Å²) in [5, 5.41) is 3.13. The topological polar surface area (TPSA) is 83.9 Å². The average molecular weight is 543 g/mol. The van der Waals surface area contributed by atoms with Crippen LogP contribution in [0, 0.1) is 6.92 Å². The van der Waals surface area contributed by atoms with Crippen molar-refractivity contribution in [3.63, 3.8) is 0 Å². The van der Waals surface area contributed by atoms with Crippen LogP contribution in [0.25, 0.3) is 16.5 Å². The van der Waals surface area contributed by atoms with Crippen molar-refractivity contribution >= 4 is 26.6 Å². The number of hydrogen-bond donors (Lipinski definition) is 3. The van der Waals surface area contributed by atoms with Crippen molar-refractivity contribution in [2.75, 3.05) is 6.54 Å². The van der Waals surface area contributed by atoms with Gasteiger partial charge in [0.2, 0.25) is 0 Å². The number of nitrogens with zero attached hydrogens (tertiary/aromatic N) is 2. The Bertz CT molecular complexity index is 921. The van der Waals surface area contributed by atoms with Crippen molar-refractivity contribution in [1.82, 2.24) is 20.7 Å². The summed E-state index contributed by atoms with van der Waals surface area (Å²) in [5.41, 5.74) is 11.5. The summed E-state index contributed by atoms with van der Waals surface area (Å²) in [5.74, 6) is 1.30. The molecule has 1 fully saturated rings. The quantitative estimate of drug-likeness (QED) is 0.290. The van der Waals surface area contributed by atoms with Gasteiger partial charge in [-0.1, -0.05) is 55.8 Å². The Labute approximate surface area is 205 Å².